The monoisotopic (exact) mass is 277 g/mol. The number of hydrogen-bond acceptors (Lipinski definition) is 3. The van der Waals surface area contributed by atoms with Crippen molar-refractivity contribution in [1.82, 2.24) is 15.1 Å². The molecular weight excluding hydrogens is 254 g/mol. The van der Waals surface area contributed by atoms with Crippen LogP contribution in [-0.4, -0.2) is 34.4 Å². The Labute approximate surface area is 119 Å². The lowest BCUT2D eigenvalue weighted by Crippen LogP contribution is -2.56. The molecule has 2 aliphatic carbocycles. The molecule has 0 spiro atoms. The third-order valence-corrected chi connectivity index (χ3v) is 4.81. The smallest absolute Gasteiger partial charge is 0.255 e. The van der Waals surface area contributed by atoms with Crippen LogP contribution in [0.25, 0.3) is 0 Å². The van der Waals surface area contributed by atoms with Gasteiger partial charge >= 0.3 is 0 Å². The van der Waals surface area contributed by atoms with E-state index in [9.17, 15) is 4.79 Å². The lowest BCUT2D eigenvalue weighted by molar-refractivity contribution is -0.0919. The van der Waals surface area contributed by atoms with E-state index in [4.69, 9.17) is 4.74 Å². The summed E-state index contributed by atoms with van der Waals surface area (Å²) in [6, 6.07) is 0.0287. The van der Waals surface area contributed by atoms with Gasteiger partial charge in [0.1, 0.15) is 0 Å². The zero-order valence-electron chi connectivity index (χ0n) is 12.5. The number of nitrogens with zero attached hydrogens (tertiary/aromatic N) is 2. The van der Waals surface area contributed by atoms with E-state index >= 15 is 0 Å². The maximum atomic E-state index is 12.5. The first-order valence-electron chi connectivity index (χ1n) is 7.45. The molecule has 1 aromatic heterocycles. The molecule has 2 saturated carbocycles. The lowest BCUT2D eigenvalue weighted by Gasteiger charge is -2.45. The van der Waals surface area contributed by atoms with E-state index in [1.165, 1.54) is 6.42 Å². The summed E-state index contributed by atoms with van der Waals surface area (Å²) in [5, 5.41) is 7.55. The van der Waals surface area contributed by atoms with Crippen molar-refractivity contribution in [1.29, 1.82) is 0 Å². The molecule has 0 aromatic carbocycles. The average Bonchev–Trinajstić information content (AvgIpc) is 3.11. The summed E-state index contributed by atoms with van der Waals surface area (Å²) in [6.07, 6.45) is 7.34. The molecule has 20 heavy (non-hydrogen) atoms. The third kappa shape index (κ3) is 2.24. The summed E-state index contributed by atoms with van der Waals surface area (Å²) in [5.74, 6) is 0.461. The predicted octanol–water partition coefficient (Wildman–Crippen LogP) is 1.98. The Bertz CT molecular complexity index is 510. The SMILES string of the molecule is COC1(C(C)NC(=O)c2cn(C)nc2C2CC2)CCC1. The first kappa shape index (κ1) is 13.6. The van der Waals surface area contributed by atoms with Gasteiger partial charge in [-0.2, -0.15) is 5.10 Å². The van der Waals surface area contributed by atoms with Gasteiger partial charge in [0, 0.05) is 26.3 Å². The van der Waals surface area contributed by atoms with E-state index in [1.807, 2.05) is 20.2 Å². The number of carbonyl (C=O) groups excluding carboxylic acids is 1. The molecule has 2 fully saturated rings. The summed E-state index contributed by atoms with van der Waals surface area (Å²) in [5.41, 5.74) is 1.52. The molecule has 3 rings (SSSR count). The molecule has 0 radical (unpaired) electrons. The van der Waals surface area contributed by atoms with Crippen molar-refractivity contribution < 1.29 is 9.53 Å². The molecule has 1 unspecified atom stereocenters. The molecule has 0 bridgehead atoms. The Kier molecular flexibility index (Phi) is 3.32. The Morgan fingerprint density at radius 3 is 2.75 bits per heavy atom. The topological polar surface area (TPSA) is 56.1 Å². The van der Waals surface area contributed by atoms with Crippen LogP contribution in [0.5, 0.6) is 0 Å². The molecule has 110 valence electrons. The number of hydrogen-bond donors (Lipinski definition) is 1. The molecule has 1 aromatic rings. The van der Waals surface area contributed by atoms with Crippen LogP contribution in [0.15, 0.2) is 6.20 Å². The van der Waals surface area contributed by atoms with Gasteiger partial charge in [-0.3, -0.25) is 9.48 Å². The number of rotatable bonds is 5. The Balaban J connectivity index is 1.73. The van der Waals surface area contributed by atoms with Crippen molar-refractivity contribution in [3.63, 3.8) is 0 Å². The molecular formula is C15H23N3O2. The van der Waals surface area contributed by atoms with Gasteiger partial charge in [-0.05, 0) is 39.0 Å². The second-order valence-electron chi connectivity index (χ2n) is 6.19. The van der Waals surface area contributed by atoms with E-state index in [1.54, 1.807) is 11.8 Å². The Morgan fingerprint density at radius 2 is 2.25 bits per heavy atom. The fourth-order valence-corrected chi connectivity index (χ4v) is 3.08. The highest BCUT2D eigenvalue weighted by atomic mass is 16.5. The van der Waals surface area contributed by atoms with Crippen LogP contribution >= 0.6 is 0 Å². The van der Waals surface area contributed by atoms with Crippen LogP contribution in [-0.2, 0) is 11.8 Å². The third-order valence-electron chi connectivity index (χ3n) is 4.81. The predicted molar refractivity (Wildman–Crippen MR) is 75.7 cm³/mol. The molecule has 1 atom stereocenters. The molecule has 1 amide bonds. The fourth-order valence-electron chi connectivity index (χ4n) is 3.08. The largest absolute Gasteiger partial charge is 0.376 e. The number of aryl methyl sites for hydroxylation is 1. The molecule has 0 aliphatic heterocycles. The molecule has 5 nitrogen and oxygen atoms in total. The standard InChI is InChI=1S/C15H23N3O2/c1-10(15(20-3)7-4-8-15)16-14(19)12-9-18(2)17-13(12)11-5-6-11/h9-11H,4-8H2,1-3H3,(H,16,19). The van der Waals surface area contributed by atoms with Gasteiger partial charge < -0.3 is 10.1 Å². The van der Waals surface area contributed by atoms with Gasteiger partial charge in [-0.1, -0.05) is 0 Å². The van der Waals surface area contributed by atoms with Crippen LogP contribution in [0, 0.1) is 0 Å². The van der Waals surface area contributed by atoms with Crippen molar-refractivity contribution in [3.8, 4) is 0 Å². The maximum Gasteiger partial charge on any atom is 0.255 e. The van der Waals surface area contributed by atoms with Gasteiger partial charge in [0.05, 0.1) is 22.9 Å². The van der Waals surface area contributed by atoms with Crippen LogP contribution in [0.4, 0.5) is 0 Å². The molecule has 1 heterocycles. The molecule has 5 heteroatoms. The molecule has 1 N–H and O–H groups in total. The highest BCUT2D eigenvalue weighted by molar-refractivity contribution is 5.95. The summed E-state index contributed by atoms with van der Waals surface area (Å²) in [4.78, 5) is 12.5. The summed E-state index contributed by atoms with van der Waals surface area (Å²) in [7, 11) is 3.61. The van der Waals surface area contributed by atoms with Gasteiger partial charge in [0.2, 0.25) is 0 Å². The summed E-state index contributed by atoms with van der Waals surface area (Å²) < 4.78 is 7.37. The van der Waals surface area contributed by atoms with Crippen molar-refractivity contribution >= 4 is 5.91 Å². The minimum Gasteiger partial charge on any atom is -0.376 e. The Hall–Kier alpha value is -1.36. The van der Waals surface area contributed by atoms with E-state index < -0.39 is 0 Å². The number of nitrogens with one attached hydrogen (secondary N) is 1. The maximum absolute atomic E-state index is 12.5. The number of carbonyl (C=O) groups is 1. The number of ether oxygens (including phenoxy) is 1. The number of methoxy groups -OCH3 is 1. The van der Waals surface area contributed by atoms with E-state index in [-0.39, 0.29) is 17.6 Å². The van der Waals surface area contributed by atoms with Gasteiger partial charge in [-0.25, -0.2) is 0 Å². The van der Waals surface area contributed by atoms with Crippen LogP contribution in [0.3, 0.4) is 0 Å². The van der Waals surface area contributed by atoms with Crippen molar-refractivity contribution in [2.75, 3.05) is 7.11 Å². The normalized spacial score (nSPS) is 22.1. The highest BCUT2D eigenvalue weighted by Crippen LogP contribution is 2.41. The first-order valence-corrected chi connectivity index (χ1v) is 7.45. The summed E-state index contributed by atoms with van der Waals surface area (Å²) >= 11 is 0. The zero-order chi connectivity index (χ0) is 14.3. The van der Waals surface area contributed by atoms with E-state index in [0.717, 1.165) is 36.9 Å². The van der Waals surface area contributed by atoms with Gasteiger partial charge in [0.15, 0.2) is 0 Å². The van der Waals surface area contributed by atoms with Crippen molar-refractivity contribution in [3.05, 3.63) is 17.5 Å². The minimum atomic E-state index is -0.169. The molecule has 0 saturated heterocycles. The Morgan fingerprint density at radius 1 is 1.55 bits per heavy atom. The lowest BCUT2D eigenvalue weighted by atomic mass is 9.75. The molecule has 2 aliphatic rings. The van der Waals surface area contributed by atoms with E-state index in [2.05, 4.69) is 10.4 Å². The van der Waals surface area contributed by atoms with Crippen LogP contribution in [0.1, 0.15) is 61.0 Å². The van der Waals surface area contributed by atoms with Gasteiger partial charge in [0.25, 0.3) is 5.91 Å². The minimum absolute atomic E-state index is 0.0178. The van der Waals surface area contributed by atoms with E-state index in [0.29, 0.717) is 5.92 Å². The van der Waals surface area contributed by atoms with Gasteiger partial charge in [-0.15, -0.1) is 0 Å². The number of amides is 1. The second-order valence-corrected chi connectivity index (χ2v) is 6.19. The average molecular weight is 277 g/mol. The van der Waals surface area contributed by atoms with Crippen LogP contribution < -0.4 is 5.32 Å². The fraction of sp³-hybridized carbons (Fsp3) is 0.733. The quantitative estimate of drug-likeness (QED) is 0.895. The first-order chi connectivity index (χ1) is 9.55. The highest BCUT2D eigenvalue weighted by Gasteiger charge is 2.43. The van der Waals surface area contributed by atoms with Crippen LogP contribution in [0.2, 0.25) is 0 Å². The zero-order valence-corrected chi connectivity index (χ0v) is 12.5. The summed E-state index contributed by atoms with van der Waals surface area (Å²) in [6.45, 7) is 2.04. The van der Waals surface area contributed by atoms with Crippen molar-refractivity contribution in [2.45, 2.75) is 56.6 Å². The number of aromatic nitrogens is 2. The second kappa shape index (κ2) is 4.88. The van der Waals surface area contributed by atoms with Crippen molar-refractivity contribution in [2.24, 2.45) is 7.05 Å².